The van der Waals surface area contributed by atoms with Gasteiger partial charge in [0.1, 0.15) is 17.3 Å². The lowest BCUT2D eigenvalue weighted by molar-refractivity contribution is 0.412. The van der Waals surface area contributed by atoms with Crippen LogP contribution in [0.15, 0.2) is 40.8 Å². The van der Waals surface area contributed by atoms with Gasteiger partial charge in [-0.1, -0.05) is 12.1 Å². The lowest BCUT2D eigenvalue weighted by Crippen LogP contribution is -2.17. The zero-order valence-electron chi connectivity index (χ0n) is 11.1. The third-order valence-corrected chi connectivity index (χ3v) is 2.97. The van der Waals surface area contributed by atoms with Crippen molar-refractivity contribution in [3.63, 3.8) is 0 Å². The van der Waals surface area contributed by atoms with Gasteiger partial charge in [0.2, 0.25) is 0 Å². The molecule has 0 fully saturated rings. The van der Waals surface area contributed by atoms with E-state index in [4.69, 9.17) is 9.15 Å². The van der Waals surface area contributed by atoms with E-state index in [1.54, 1.807) is 7.11 Å². The first-order chi connectivity index (χ1) is 8.69. The predicted molar refractivity (Wildman–Crippen MR) is 71.7 cm³/mol. The highest BCUT2D eigenvalue weighted by Gasteiger charge is 2.07. The van der Waals surface area contributed by atoms with Crippen LogP contribution in [-0.2, 0) is 6.54 Å². The van der Waals surface area contributed by atoms with Crippen LogP contribution in [0.4, 0.5) is 0 Å². The molecule has 0 radical (unpaired) electrons. The van der Waals surface area contributed by atoms with Gasteiger partial charge >= 0.3 is 0 Å². The number of ether oxygens (including phenoxy) is 1. The minimum absolute atomic E-state index is 0.255. The first-order valence-electron chi connectivity index (χ1n) is 6.11. The molecule has 0 aliphatic carbocycles. The van der Waals surface area contributed by atoms with Crippen molar-refractivity contribution in [2.45, 2.75) is 26.4 Å². The Hall–Kier alpha value is -1.74. The molecule has 1 atom stereocenters. The molecule has 1 unspecified atom stereocenters. The smallest absolute Gasteiger partial charge is 0.119 e. The number of benzene rings is 1. The van der Waals surface area contributed by atoms with Crippen molar-refractivity contribution >= 4 is 0 Å². The number of nitrogens with one attached hydrogen (secondary N) is 1. The van der Waals surface area contributed by atoms with Crippen molar-refractivity contribution in [3.05, 3.63) is 53.5 Å². The molecule has 2 rings (SSSR count). The van der Waals surface area contributed by atoms with E-state index >= 15 is 0 Å². The molecule has 0 saturated heterocycles. The Morgan fingerprint density at radius 2 is 2.11 bits per heavy atom. The SMILES string of the molecule is COc1cccc(C(C)NCc2ccc(C)o2)c1. The summed E-state index contributed by atoms with van der Waals surface area (Å²) in [7, 11) is 1.68. The lowest BCUT2D eigenvalue weighted by Gasteiger charge is -2.14. The lowest BCUT2D eigenvalue weighted by atomic mass is 10.1. The maximum absolute atomic E-state index is 5.53. The van der Waals surface area contributed by atoms with Crippen LogP contribution >= 0.6 is 0 Å². The number of aryl methyl sites for hydroxylation is 1. The van der Waals surface area contributed by atoms with Crippen molar-refractivity contribution in [2.24, 2.45) is 0 Å². The van der Waals surface area contributed by atoms with Crippen LogP contribution in [0.25, 0.3) is 0 Å². The molecule has 1 heterocycles. The number of methoxy groups -OCH3 is 1. The van der Waals surface area contributed by atoms with Crippen LogP contribution in [-0.4, -0.2) is 7.11 Å². The fourth-order valence-electron chi connectivity index (χ4n) is 1.86. The second-order valence-electron chi connectivity index (χ2n) is 4.39. The fourth-order valence-corrected chi connectivity index (χ4v) is 1.86. The normalized spacial score (nSPS) is 12.4. The highest BCUT2D eigenvalue weighted by Crippen LogP contribution is 2.19. The molecule has 0 aliphatic heterocycles. The van der Waals surface area contributed by atoms with Gasteiger partial charge in [0.05, 0.1) is 13.7 Å². The van der Waals surface area contributed by atoms with E-state index in [9.17, 15) is 0 Å². The molecular formula is C15H19NO2. The average Bonchev–Trinajstić information content (AvgIpc) is 2.82. The minimum Gasteiger partial charge on any atom is -0.497 e. The maximum atomic E-state index is 5.53. The molecule has 3 nitrogen and oxygen atoms in total. The van der Waals surface area contributed by atoms with Crippen LogP contribution < -0.4 is 10.1 Å². The zero-order valence-corrected chi connectivity index (χ0v) is 11.1. The topological polar surface area (TPSA) is 34.4 Å². The molecule has 3 heteroatoms. The summed E-state index contributed by atoms with van der Waals surface area (Å²) in [4.78, 5) is 0. The van der Waals surface area contributed by atoms with E-state index in [1.165, 1.54) is 5.56 Å². The summed E-state index contributed by atoms with van der Waals surface area (Å²) in [5.41, 5.74) is 1.21. The number of hydrogen-bond acceptors (Lipinski definition) is 3. The van der Waals surface area contributed by atoms with Crippen molar-refractivity contribution in [3.8, 4) is 5.75 Å². The molecule has 1 aromatic heterocycles. The zero-order chi connectivity index (χ0) is 13.0. The fraction of sp³-hybridized carbons (Fsp3) is 0.333. The Bertz CT molecular complexity index is 505. The summed E-state index contributed by atoms with van der Waals surface area (Å²) in [5.74, 6) is 2.79. The van der Waals surface area contributed by atoms with Crippen LogP contribution in [0.3, 0.4) is 0 Å². The highest BCUT2D eigenvalue weighted by molar-refractivity contribution is 5.30. The van der Waals surface area contributed by atoms with Crippen LogP contribution in [0.2, 0.25) is 0 Å². The summed E-state index contributed by atoms with van der Waals surface area (Å²) in [6.45, 7) is 4.81. The van der Waals surface area contributed by atoms with Crippen LogP contribution in [0.5, 0.6) is 5.75 Å². The predicted octanol–water partition coefficient (Wildman–Crippen LogP) is 3.45. The van der Waals surface area contributed by atoms with Gasteiger partial charge in [-0.3, -0.25) is 0 Å². The summed E-state index contributed by atoms with van der Waals surface area (Å²) >= 11 is 0. The standard InChI is InChI=1S/C15H19NO2/c1-11-7-8-15(18-11)10-16-12(2)13-5-4-6-14(9-13)17-3/h4-9,12,16H,10H2,1-3H3. The van der Waals surface area contributed by atoms with Crippen molar-refractivity contribution in [1.82, 2.24) is 5.32 Å². The quantitative estimate of drug-likeness (QED) is 0.876. The van der Waals surface area contributed by atoms with Gasteiger partial charge in [-0.25, -0.2) is 0 Å². The van der Waals surface area contributed by atoms with E-state index < -0.39 is 0 Å². The monoisotopic (exact) mass is 245 g/mol. The Kier molecular flexibility index (Phi) is 4.05. The van der Waals surface area contributed by atoms with Crippen LogP contribution in [0.1, 0.15) is 30.0 Å². The molecule has 1 N–H and O–H groups in total. The third-order valence-electron chi connectivity index (χ3n) is 2.97. The minimum atomic E-state index is 0.255. The van der Waals surface area contributed by atoms with Gasteiger partial charge in [0.15, 0.2) is 0 Å². The summed E-state index contributed by atoms with van der Waals surface area (Å²) in [6, 6.07) is 12.3. The van der Waals surface area contributed by atoms with E-state index in [0.717, 1.165) is 23.8 Å². The van der Waals surface area contributed by atoms with Gasteiger partial charge in [0.25, 0.3) is 0 Å². The molecular weight excluding hydrogens is 226 g/mol. The van der Waals surface area contributed by atoms with Gasteiger partial charge in [-0.05, 0) is 43.7 Å². The Balaban J connectivity index is 1.96. The van der Waals surface area contributed by atoms with Crippen molar-refractivity contribution in [2.75, 3.05) is 7.11 Å². The third kappa shape index (κ3) is 3.14. The molecule has 0 amide bonds. The van der Waals surface area contributed by atoms with Crippen molar-refractivity contribution < 1.29 is 9.15 Å². The van der Waals surface area contributed by atoms with Gasteiger partial charge in [-0.2, -0.15) is 0 Å². The molecule has 1 aromatic carbocycles. The molecule has 0 spiro atoms. The van der Waals surface area contributed by atoms with E-state index in [1.807, 2.05) is 37.3 Å². The van der Waals surface area contributed by atoms with Gasteiger partial charge in [0, 0.05) is 6.04 Å². The summed E-state index contributed by atoms with van der Waals surface area (Å²) in [6.07, 6.45) is 0. The molecule has 96 valence electrons. The molecule has 2 aromatic rings. The Morgan fingerprint density at radius 1 is 1.28 bits per heavy atom. The number of hydrogen-bond donors (Lipinski definition) is 1. The van der Waals surface area contributed by atoms with E-state index in [0.29, 0.717) is 0 Å². The maximum Gasteiger partial charge on any atom is 0.119 e. The van der Waals surface area contributed by atoms with Gasteiger partial charge in [-0.15, -0.1) is 0 Å². The van der Waals surface area contributed by atoms with Crippen LogP contribution in [0, 0.1) is 6.92 Å². The number of furan rings is 1. The van der Waals surface area contributed by atoms with E-state index in [-0.39, 0.29) is 6.04 Å². The second kappa shape index (κ2) is 5.74. The first kappa shape index (κ1) is 12.7. The molecule has 18 heavy (non-hydrogen) atoms. The second-order valence-corrected chi connectivity index (χ2v) is 4.39. The van der Waals surface area contributed by atoms with Crippen molar-refractivity contribution in [1.29, 1.82) is 0 Å². The number of rotatable bonds is 5. The van der Waals surface area contributed by atoms with E-state index in [2.05, 4.69) is 18.3 Å². The molecule has 0 bridgehead atoms. The Labute approximate surface area is 108 Å². The van der Waals surface area contributed by atoms with Gasteiger partial charge < -0.3 is 14.5 Å². The summed E-state index contributed by atoms with van der Waals surface area (Å²) < 4.78 is 10.8. The molecule has 0 saturated carbocycles. The first-order valence-corrected chi connectivity index (χ1v) is 6.11. The highest BCUT2D eigenvalue weighted by atomic mass is 16.5. The average molecular weight is 245 g/mol. The largest absolute Gasteiger partial charge is 0.497 e. The Morgan fingerprint density at radius 3 is 2.78 bits per heavy atom. The molecule has 0 aliphatic rings. The summed E-state index contributed by atoms with van der Waals surface area (Å²) in [5, 5.41) is 3.43.